The molecule has 1 saturated heterocycles. The number of nitrogens with one attached hydrogen (secondary N) is 1. The minimum Gasteiger partial charge on any atom is -0.444 e. The van der Waals surface area contributed by atoms with Crippen LogP contribution in [0.5, 0.6) is 0 Å². The fourth-order valence-corrected chi connectivity index (χ4v) is 2.51. The summed E-state index contributed by atoms with van der Waals surface area (Å²) in [6.07, 6.45) is -0.0521. The van der Waals surface area contributed by atoms with Crippen molar-refractivity contribution in [1.82, 2.24) is 0 Å². The maximum absolute atomic E-state index is 12.0. The predicted octanol–water partition coefficient (Wildman–Crippen LogP) is 3.63. The van der Waals surface area contributed by atoms with Crippen LogP contribution < -0.4 is 10.2 Å². The fraction of sp³-hybridized carbons (Fsp3) is 0.500. The average Bonchev–Trinajstić information content (AvgIpc) is 2.78. The lowest BCUT2D eigenvalue weighted by Crippen LogP contribution is -2.27. The fourth-order valence-electron chi connectivity index (χ4n) is 2.31. The number of anilines is 2. The molecule has 1 aliphatic rings. The smallest absolute Gasteiger partial charge is 0.412 e. The highest BCUT2D eigenvalue weighted by Crippen LogP contribution is 2.27. The molecule has 1 fully saturated rings. The SMILES string of the molecule is CC(C)(C)OC(=O)Nc1cccc(N2CC(CCl)CC2=O)c1. The zero-order valence-electron chi connectivity index (χ0n) is 13.1. The van der Waals surface area contributed by atoms with Crippen molar-refractivity contribution >= 4 is 35.0 Å². The lowest BCUT2D eigenvalue weighted by molar-refractivity contribution is -0.117. The summed E-state index contributed by atoms with van der Waals surface area (Å²) in [6, 6.07) is 7.16. The summed E-state index contributed by atoms with van der Waals surface area (Å²) in [5.41, 5.74) is 0.792. The van der Waals surface area contributed by atoms with Gasteiger partial charge in [0, 0.05) is 30.2 Å². The van der Waals surface area contributed by atoms with E-state index in [4.69, 9.17) is 16.3 Å². The van der Waals surface area contributed by atoms with Crippen molar-refractivity contribution in [2.75, 3.05) is 22.6 Å². The Balaban J connectivity index is 2.07. The number of halogens is 1. The van der Waals surface area contributed by atoms with Gasteiger partial charge in [-0.2, -0.15) is 0 Å². The van der Waals surface area contributed by atoms with E-state index in [1.54, 1.807) is 43.9 Å². The van der Waals surface area contributed by atoms with E-state index in [9.17, 15) is 9.59 Å². The van der Waals surface area contributed by atoms with E-state index >= 15 is 0 Å². The Hall–Kier alpha value is -1.75. The first-order chi connectivity index (χ1) is 10.3. The van der Waals surface area contributed by atoms with Crippen molar-refractivity contribution in [1.29, 1.82) is 0 Å². The first-order valence-corrected chi connectivity index (χ1v) is 7.78. The molecule has 0 radical (unpaired) electrons. The van der Waals surface area contributed by atoms with E-state index in [0.29, 0.717) is 24.5 Å². The maximum Gasteiger partial charge on any atom is 0.412 e. The van der Waals surface area contributed by atoms with E-state index in [1.807, 2.05) is 6.07 Å². The normalized spacial score (nSPS) is 18.5. The van der Waals surface area contributed by atoms with E-state index in [1.165, 1.54) is 0 Å². The molecule has 1 heterocycles. The summed E-state index contributed by atoms with van der Waals surface area (Å²) in [4.78, 5) is 25.5. The Morgan fingerprint density at radius 2 is 2.18 bits per heavy atom. The lowest BCUT2D eigenvalue weighted by atomic mass is 10.1. The van der Waals surface area contributed by atoms with E-state index < -0.39 is 11.7 Å². The minimum absolute atomic E-state index is 0.0556. The van der Waals surface area contributed by atoms with Gasteiger partial charge in [-0.3, -0.25) is 10.1 Å². The molecule has 0 bridgehead atoms. The number of ether oxygens (including phenoxy) is 1. The van der Waals surface area contributed by atoms with E-state index in [-0.39, 0.29) is 11.8 Å². The number of alkyl halides is 1. The van der Waals surface area contributed by atoms with E-state index in [0.717, 1.165) is 5.69 Å². The monoisotopic (exact) mass is 324 g/mol. The van der Waals surface area contributed by atoms with Gasteiger partial charge in [-0.25, -0.2) is 4.79 Å². The summed E-state index contributed by atoms with van der Waals surface area (Å²) in [5.74, 6) is 0.703. The highest BCUT2D eigenvalue weighted by atomic mass is 35.5. The standard InChI is InChI=1S/C16H21ClN2O3/c1-16(2,3)22-15(21)18-12-5-4-6-13(8-12)19-10-11(9-17)7-14(19)20/h4-6,8,11H,7,9-10H2,1-3H3,(H,18,21). The van der Waals surface area contributed by atoms with Crippen LogP contribution in [0, 0.1) is 5.92 Å². The summed E-state index contributed by atoms with van der Waals surface area (Å²) in [7, 11) is 0. The Bertz CT molecular complexity index is 569. The second-order valence-corrected chi connectivity index (χ2v) is 6.71. The van der Waals surface area contributed by atoms with Crippen LogP contribution >= 0.6 is 11.6 Å². The summed E-state index contributed by atoms with van der Waals surface area (Å²) in [6.45, 7) is 6.02. The van der Waals surface area contributed by atoms with Gasteiger partial charge < -0.3 is 9.64 Å². The molecule has 0 saturated carbocycles. The summed E-state index contributed by atoms with van der Waals surface area (Å²) in [5, 5.41) is 2.68. The van der Waals surface area contributed by atoms with Crippen LogP contribution in [0.4, 0.5) is 16.2 Å². The lowest BCUT2D eigenvalue weighted by Gasteiger charge is -2.20. The van der Waals surface area contributed by atoms with Crippen LogP contribution in [0.1, 0.15) is 27.2 Å². The van der Waals surface area contributed by atoms with Gasteiger partial charge >= 0.3 is 6.09 Å². The number of carbonyl (C=O) groups is 2. The maximum atomic E-state index is 12.0. The number of rotatable bonds is 3. The van der Waals surface area contributed by atoms with Gasteiger partial charge in [-0.15, -0.1) is 11.6 Å². The second-order valence-electron chi connectivity index (χ2n) is 6.41. The van der Waals surface area contributed by atoms with Crippen molar-refractivity contribution in [2.45, 2.75) is 32.8 Å². The molecule has 22 heavy (non-hydrogen) atoms. The van der Waals surface area contributed by atoms with Gasteiger partial charge in [0.2, 0.25) is 5.91 Å². The van der Waals surface area contributed by atoms with Crippen LogP contribution in [0.3, 0.4) is 0 Å². The third-order valence-corrected chi connectivity index (χ3v) is 3.66. The van der Waals surface area contributed by atoms with Crippen molar-refractivity contribution in [3.05, 3.63) is 24.3 Å². The Morgan fingerprint density at radius 3 is 2.77 bits per heavy atom. The molecule has 0 aliphatic carbocycles. The summed E-state index contributed by atoms with van der Waals surface area (Å²) < 4.78 is 5.21. The molecule has 5 nitrogen and oxygen atoms in total. The van der Waals surface area contributed by atoms with Crippen LogP contribution in [-0.2, 0) is 9.53 Å². The van der Waals surface area contributed by atoms with Gasteiger partial charge in [0.1, 0.15) is 5.60 Å². The van der Waals surface area contributed by atoms with Gasteiger partial charge in [0.05, 0.1) is 0 Å². The van der Waals surface area contributed by atoms with Crippen LogP contribution in [-0.4, -0.2) is 30.0 Å². The molecule has 0 aromatic heterocycles. The van der Waals surface area contributed by atoms with Gasteiger partial charge in [-0.1, -0.05) is 6.07 Å². The highest BCUT2D eigenvalue weighted by Gasteiger charge is 2.30. The minimum atomic E-state index is -0.555. The zero-order valence-corrected chi connectivity index (χ0v) is 13.8. The largest absolute Gasteiger partial charge is 0.444 e. The van der Waals surface area contributed by atoms with E-state index in [2.05, 4.69) is 5.32 Å². The predicted molar refractivity (Wildman–Crippen MR) is 87.5 cm³/mol. The highest BCUT2D eigenvalue weighted by molar-refractivity contribution is 6.18. The Kier molecular flexibility index (Phi) is 4.96. The van der Waals surface area contributed by atoms with Gasteiger partial charge in [-0.05, 0) is 44.9 Å². The molecule has 2 rings (SSSR count). The molecule has 1 aromatic rings. The number of amides is 2. The molecule has 6 heteroatoms. The Morgan fingerprint density at radius 1 is 1.45 bits per heavy atom. The molecule has 0 spiro atoms. The molecule has 1 aromatic carbocycles. The molecule has 1 N–H and O–H groups in total. The third kappa shape index (κ3) is 4.37. The number of carbonyl (C=O) groups excluding carboxylic acids is 2. The zero-order chi connectivity index (χ0) is 16.3. The molecule has 1 unspecified atom stereocenters. The molecule has 120 valence electrons. The molecule has 2 amide bonds. The second kappa shape index (κ2) is 6.57. The first kappa shape index (κ1) is 16.6. The van der Waals surface area contributed by atoms with Crippen molar-refractivity contribution in [2.24, 2.45) is 5.92 Å². The van der Waals surface area contributed by atoms with Crippen LogP contribution in [0.15, 0.2) is 24.3 Å². The summed E-state index contributed by atoms with van der Waals surface area (Å²) >= 11 is 5.84. The van der Waals surface area contributed by atoms with Crippen molar-refractivity contribution in [3.8, 4) is 0 Å². The van der Waals surface area contributed by atoms with Crippen molar-refractivity contribution in [3.63, 3.8) is 0 Å². The van der Waals surface area contributed by atoms with Crippen LogP contribution in [0.2, 0.25) is 0 Å². The number of hydrogen-bond acceptors (Lipinski definition) is 3. The quantitative estimate of drug-likeness (QED) is 0.864. The average molecular weight is 325 g/mol. The van der Waals surface area contributed by atoms with Gasteiger partial charge in [0.25, 0.3) is 0 Å². The third-order valence-electron chi connectivity index (χ3n) is 3.23. The topological polar surface area (TPSA) is 58.6 Å². The number of nitrogens with zero attached hydrogens (tertiary/aromatic N) is 1. The Labute approximate surface area is 135 Å². The number of benzene rings is 1. The van der Waals surface area contributed by atoms with Crippen LogP contribution in [0.25, 0.3) is 0 Å². The molecular weight excluding hydrogens is 304 g/mol. The van der Waals surface area contributed by atoms with Gasteiger partial charge in [0.15, 0.2) is 0 Å². The van der Waals surface area contributed by atoms with Crippen molar-refractivity contribution < 1.29 is 14.3 Å². The molecule has 1 aliphatic heterocycles. The first-order valence-electron chi connectivity index (χ1n) is 7.25. The molecule has 1 atom stereocenters. The number of hydrogen-bond donors (Lipinski definition) is 1. The molecular formula is C16H21ClN2O3.